The SMILES string of the molecule is C=C(C)C(=O)OC(C)OC(=O)NC(CC)[Si](C)(OCC)OCC. The van der Waals surface area contributed by atoms with Crippen LogP contribution in [-0.4, -0.2) is 45.8 Å². The first-order valence-corrected chi connectivity index (χ1v) is 10.2. The quantitative estimate of drug-likeness (QED) is 0.283. The lowest BCUT2D eigenvalue weighted by atomic mass is 10.4. The third-order valence-corrected chi connectivity index (χ3v) is 6.63. The maximum atomic E-state index is 12.0. The summed E-state index contributed by atoms with van der Waals surface area (Å²) in [6.07, 6.45) is -1.06. The minimum atomic E-state index is -2.58. The van der Waals surface area contributed by atoms with Crippen LogP contribution in [0.1, 0.15) is 41.0 Å². The average molecular weight is 347 g/mol. The smallest absolute Gasteiger partial charge is 0.410 e. The molecule has 2 atom stereocenters. The van der Waals surface area contributed by atoms with Crippen LogP contribution >= 0.6 is 0 Å². The summed E-state index contributed by atoms with van der Waals surface area (Å²) in [6.45, 7) is 15.0. The van der Waals surface area contributed by atoms with Crippen molar-refractivity contribution in [3.05, 3.63) is 12.2 Å². The fraction of sp³-hybridized carbons (Fsp3) is 0.733. The Balaban J connectivity index is 4.69. The molecule has 1 amide bonds. The van der Waals surface area contributed by atoms with Gasteiger partial charge in [-0.15, -0.1) is 0 Å². The van der Waals surface area contributed by atoms with Crippen LogP contribution < -0.4 is 5.32 Å². The molecule has 0 fully saturated rings. The van der Waals surface area contributed by atoms with Crippen LogP contribution in [0.5, 0.6) is 0 Å². The first kappa shape index (κ1) is 21.6. The van der Waals surface area contributed by atoms with E-state index in [1.807, 2.05) is 27.3 Å². The van der Waals surface area contributed by atoms with Crippen LogP contribution in [-0.2, 0) is 23.1 Å². The molecule has 0 aliphatic heterocycles. The Morgan fingerprint density at radius 2 is 1.65 bits per heavy atom. The molecule has 0 saturated carbocycles. The van der Waals surface area contributed by atoms with E-state index in [4.69, 9.17) is 18.3 Å². The molecule has 0 heterocycles. The van der Waals surface area contributed by atoms with Gasteiger partial charge < -0.3 is 23.6 Å². The third kappa shape index (κ3) is 7.62. The van der Waals surface area contributed by atoms with E-state index >= 15 is 0 Å². The summed E-state index contributed by atoms with van der Waals surface area (Å²) in [6, 6.07) is 0. The Hall–Kier alpha value is -1.38. The molecule has 134 valence electrons. The molecule has 0 rings (SSSR count). The number of alkyl carbamates (subject to hydrolysis) is 1. The predicted molar refractivity (Wildman–Crippen MR) is 88.9 cm³/mol. The van der Waals surface area contributed by atoms with E-state index in [1.165, 1.54) is 13.8 Å². The third-order valence-electron chi connectivity index (χ3n) is 3.09. The topological polar surface area (TPSA) is 83.1 Å². The second kappa shape index (κ2) is 10.4. The second-order valence-corrected chi connectivity index (χ2v) is 8.45. The fourth-order valence-corrected chi connectivity index (χ4v) is 4.78. The Bertz CT molecular complexity index is 409. The zero-order valence-corrected chi connectivity index (χ0v) is 15.9. The molecule has 7 nitrogen and oxygen atoms in total. The van der Waals surface area contributed by atoms with Crippen LogP contribution in [0.15, 0.2) is 12.2 Å². The summed E-state index contributed by atoms with van der Waals surface area (Å²) in [4.78, 5) is 23.4. The van der Waals surface area contributed by atoms with Crippen LogP contribution in [0.4, 0.5) is 4.79 Å². The normalized spacial score (nSPS) is 13.8. The number of rotatable bonds is 10. The monoisotopic (exact) mass is 347 g/mol. The molecular weight excluding hydrogens is 318 g/mol. The molecule has 23 heavy (non-hydrogen) atoms. The molecule has 2 unspecified atom stereocenters. The molecule has 0 aromatic heterocycles. The lowest BCUT2D eigenvalue weighted by Gasteiger charge is -2.33. The summed E-state index contributed by atoms with van der Waals surface area (Å²) in [5.41, 5.74) is -0.0427. The fourth-order valence-electron chi connectivity index (χ4n) is 2.02. The number of carbonyl (C=O) groups is 2. The summed E-state index contributed by atoms with van der Waals surface area (Å²) in [5, 5.41) is 2.75. The molecule has 0 radical (unpaired) electrons. The van der Waals surface area contributed by atoms with Gasteiger partial charge in [0.05, 0.1) is 5.67 Å². The Labute approximate surface area is 139 Å². The van der Waals surface area contributed by atoms with E-state index in [2.05, 4.69) is 11.9 Å². The summed E-state index contributed by atoms with van der Waals surface area (Å²) < 4.78 is 21.5. The van der Waals surface area contributed by atoms with Crippen LogP contribution in [0.25, 0.3) is 0 Å². The van der Waals surface area contributed by atoms with Crippen molar-refractivity contribution in [2.45, 2.75) is 59.5 Å². The number of ether oxygens (including phenoxy) is 2. The van der Waals surface area contributed by atoms with Gasteiger partial charge in [-0.2, -0.15) is 0 Å². The highest BCUT2D eigenvalue weighted by molar-refractivity contribution is 6.68. The van der Waals surface area contributed by atoms with Gasteiger partial charge in [0.1, 0.15) is 0 Å². The predicted octanol–water partition coefficient (Wildman–Crippen LogP) is 2.64. The lowest BCUT2D eigenvalue weighted by molar-refractivity contribution is -0.159. The van der Waals surface area contributed by atoms with Crippen molar-refractivity contribution in [3.8, 4) is 0 Å². The van der Waals surface area contributed by atoms with E-state index in [1.54, 1.807) is 0 Å². The van der Waals surface area contributed by atoms with Gasteiger partial charge >= 0.3 is 20.6 Å². The maximum Gasteiger partial charge on any atom is 0.410 e. The van der Waals surface area contributed by atoms with Crippen molar-refractivity contribution < 1.29 is 27.9 Å². The van der Waals surface area contributed by atoms with Crippen LogP contribution in [0.3, 0.4) is 0 Å². The van der Waals surface area contributed by atoms with Crippen molar-refractivity contribution in [1.29, 1.82) is 0 Å². The van der Waals surface area contributed by atoms with Gasteiger partial charge in [-0.1, -0.05) is 13.5 Å². The van der Waals surface area contributed by atoms with Gasteiger partial charge in [-0.05, 0) is 33.7 Å². The number of carbonyl (C=O) groups excluding carboxylic acids is 2. The minimum Gasteiger partial charge on any atom is -0.422 e. The Kier molecular flexibility index (Phi) is 9.78. The Morgan fingerprint density at radius 3 is 2.04 bits per heavy atom. The number of hydrogen-bond acceptors (Lipinski definition) is 6. The zero-order valence-electron chi connectivity index (χ0n) is 14.9. The number of esters is 1. The standard InChI is InChI=1S/C15H29NO6Si/c1-8-13(23(7,19-9-2)20-10-3)16-15(18)22-12(6)21-14(17)11(4)5/h12-13H,4,8-10H2,1-3,5-7H3,(H,16,18). The van der Waals surface area contributed by atoms with Crippen LogP contribution in [0.2, 0.25) is 6.55 Å². The molecular formula is C15H29NO6Si. The van der Waals surface area contributed by atoms with Crippen molar-refractivity contribution in [1.82, 2.24) is 5.32 Å². The molecule has 0 aromatic carbocycles. The van der Waals surface area contributed by atoms with E-state index in [0.29, 0.717) is 19.6 Å². The highest BCUT2D eigenvalue weighted by Gasteiger charge is 2.41. The highest BCUT2D eigenvalue weighted by Crippen LogP contribution is 2.16. The molecule has 0 saturated heterocycles. The van der Waals surface area contributed by atoms with Crippen LogP contribution in [0, 0.1) is 0 Å². The largest absolute Gasteiger partial charge is 0.422 e. The molecule has 0 aliphatic rings. The van der Waals surface area contributed by atoms with Gasteiger partial charge in [0, 0.05) is 25.7 Å². The number of nitrogens with one attached hydrogen (secondary N) is 1. The minimum absolute atomic E-state index is 0.236. The summed E-state index contributed by atoms with van der Waals surface area (Å²) in [5.74, 6) is -0.611. The molecule has 8 heteroatoms. The van der Waals surface area contributed by atoms with Crippen molar-refractivity contribution in [3.63, 3.8) is 0 Å². The van der Waals surface area contributed by atoms with Gasteiger partial charge in [0.25, 0.3) is 0 Å². The summed E-state index contributed by atoms with van der Waals surface area (Å²) in [7, 11) is -2.58. The van der Waals surface area contributed by atoms with Gasteiger partial charge in [-0.25, -0.2) is 9.59 Å². The molecule has 0 aliphatic carbocycles. The van der Waals surface area contributed by atoms with E-state index < -0.39 is 26.9 Å². The molecule has 0 bridgehead atoms. The van der Waals surface area contributed by atoms with Crippen molar-refractivity contribution >= 4 is 20.6 Å². The zero-order chi connectivity index (χ0) is 18.0. The van der Waals surface area contributed by atoms with Gasteiger partial charge in [0.15, 0.2) is 0 Å². The van der Waals surface area contributed by atoms with E-state index in [0.717, 1.165) is 0 Å². The Morgan fingerprint density at radius 1 is 1.13 bits per heavy atom. The van der Waals surface area contributed by atoms with E-state index in [9.17, 15) is 9.59 Å². The second-order valence-electron chi connectivity index (χ2n) is 5.15. The molecule has 0 spiro atoms. The lowest BCUT2D eigenvalue weighted by Crippen LogP contribution is -2.59. The maximum absolute atomic E-state index is 12.0. The molecule has 0 aromatic rings. The van der Waals surface area contributed by atoms with E-state index in [-0.39, 0.29) is 11.2 Å². The number of hydrogen-bond donors (Lipinski definition) is 1. The van der Waals surface area contributed by atoms with Gasteiger partial charge in [0.2, 0.25) is 6.29 Å². The highest BCUT2D eigenvalue weighted by atomic mass is 28.4. The first-order valence-electron chi connectivity index (χ1n) is 7.81. The summed E-state index contributed by atoms with van der Waals surface area (Å²) >= 11 is 0. The molecule has 1 N–H and O–H groups in total. The first-order chi connectivity index (χ1) is 10.7. The van der Waals surface area contributed by atoms with Gasteiger partial charge in [-0.3, -0.25) is 0 Å². The average Bonchev–Trinajstić information content (AvgIpc) is 2.44. The van der Waals surface area contributed by atoms with Crippen molar-refractivity contribution in [2.24, 2.45) is 0 Å². The number of amides is 1. The van der Waals surface area contributed by atoms with Crippen molar-refractivity contribution in [2.75, 3.05) is 13.2 Å².